The van der Waals surface area contributed by atoms with E-state index in [1.807, 2.05) is 32.0 Å². The van der Waals surface area contributed by atoms with Gasteiger partial charge in [0.05, 0.1) is 19.8 Å². The first-order chi connectivity index (χ1) is 16.7. The fourth-order valence-corrected chi connectivity index (χ4v) is 6.40. The highest BCUT2D eigenvalue weighted by Gasteiger charge is 2.41. The number of para-hydroxylation sites is 1. The molecular weight excluding hydrogens is 472 g/mol. The Bertz CT molecular complexity index is 1390. The highest BCUT2D eigenvalue weighted by Crippen LogP contribution is 2.39. The molecule has 2 aromatic carbocycles. The molecule has 35 heavy (non-hydrogen) atoms. The van der Waals surface area contributed by atoms with Crippen LogP contribution in [0.4, 0.5) is 0 Å². The Kier molecular flexibility index (Phi) is 6.86. The van der Waals surface area contributed by atoms with Crippen molar-refractivity contribution in [1.29, 1.82) is 0 Å². The number of sulfonamides is 1. The minimum absolute atomic E-state index is 0.0498. The molecule has 1 atom stereocenters. The van der Waals surface area contributed by atoms with Gasteiger partial charge < -0.3 is 19.3 Å². The smallest absolute Gasteiger partial charge is 0.322 e. The van der Waals surface area contributed by atoms with Gasteiger partial charge in [0, 0.05) is 17.6 Å². The summed E-state index contributed by atoms with van der Waals surface area (Å²) >= 11 is 0. The molecule has 1 aromatic heterocycles. The van der Waals surface area contributed by atoms with E-state index in [2.05, 4.69) is 4.98 Å². The first-order valence-electron chi connectivity index (χ1n) is 11.2. The Balaban J connectivity index is 1.76. The van der Waals surface area contributed by atoms with Gasteiger partial charge >= 0.3 is 5.97 Å². The number of aromatic nitrogens is 1. The third-order valence-electron chi connectivity index (χ3n) is 6.19. The number of carboxylic acids is 1. The number of ether oxygens (including phenoxy) is 3. The molecule has 0 radical (unpaired) electrons. The summed E-state index contributed by atoms with van der Waals surface area (Å²) < 4.78 is 45.2. The maximum atomic E-state index is 13.5. The van der Waals surface area contributed by atoms with Gasteiger partial charge in [-0.3, -0.25) is 4.79 Å². The summed E-state index contributed by atoms with van der Waals surface area (Å²) in [6.45, 7) is 3.99. The van der Waals surface area contributed by atoms with E-state index in [1.54, 1.807) is 6.07 Å². The maximum absolute atomic E-state index is 13.5. The average Bonchev–Trinajstić information content (AvgIpc) is 3.33. The van der Waals surface area contributed by atoms with E-state index in [0.717, 1.165) is 20.9 Å². The lowest BCUT2D eigenvalue weighted by Gasteiger charge is -2.24. The normalized spacial score (nSPS) is 16.4. The third kappa shape index (κ3) is 4.51. The minimum Gasteiger partial charge on any atom is -0.496 e. The zero-order chi connectivity index (χ0) is 25.3. The van der Waals surface area contributed by atoms with Gasteiger partial charge in [-0.1, -0.05) is 12.1 Å². The van der Waals surface area contributed by atoms with Crippen molar-refractivity contribution in [2.24, 2.45) is 0 Å². The van der Waals surface area contributed by atoms with Crippen LogP contribution in [0.2, 0.25) is 0 Å². The van der Waals surface area contributed by atoms with Crippen molar-refractivity contribution < 1.29 is 32.5 Å². The molecule has 186 valence electrons. The molecule has 2 heterocycles. The summed E-state index contributed by atoms with van der Waals surface area (Å²) in [5.74, 6) is -0.188. The SMILES string of the molecule is COc1ccc(S(=O)(=O)N2CCC[C@H]2C(=O)O)c(OC)c1COc1cccc2c(C)cc(C)nc12. The lowest BCUT2D eigenvalue weighted by molar-refractivity contribution is -0.140. The number of aliphatic carboxylic acids is 1. The number of hydrogen-bond donors (Lipinski definition) is 1. The molecule has 0 amide bonds. The van der Waals surface area contributed by atoms with Crippen molar-refractivity contribution in [2.75, 3.05) is 20.8 Å². The molecule has 0 bridgehead atoms. The summed E-state index contributed by atoms with van der Waals surface area (Å²) in [4.78, 5) is 16.1. The second-order valence-corrected chi connectivity index (χ2v) is 10.3. The molecule has 1 aliphatic rings. The van der Waals surface area contributed by atoms with E-state index in [0.29, 0.717) is 29.0 Å². The second-order valence-electron chi connectivity index (χ2n) is 8.41. The van der Waals surface area contributed by atoms with Crippen LogP contribution in [0, 0.1) is 13.8 Å². The fourth-order valence-electron chi connectivity index (χ4n) is 4.57. The van der Waals surface area contributed by atoms with E-state index in [1.165, 1.54) is 26.4 Å². The number of carbonyl (C=O) groups is 1. The van der Waals surface area contributed by atoms with Crippen LogP contribution >= 0.6 is 0 Å². The third-order valence-corrected chi connectivity index (χ3v) is 8.12. The predicted octanol–water partition coefficient (Wildman–Crippen LogP) is 3.69. The van der Waals surface area contributed by atoms with Gasteiger partial charge in [0.1, 0.15) is 40.3 Å². The van der Waals surface area contributed by atoms with Crippen LogP contribution in [0.5, 0.6) is 17.2 Å². The Morgan fingerprint density at radius 1 is 1.14 bits per heavy atom. The average molecular weight is 501 g/mol. The number of hydrogen-bond acceptors (Lipinski definition) is 7. The molecule has 0 spiro atoms. The quantitative estimate of drug-likeness (QED) is 0.498. The molecule has 1 N–H and O–H groups in total. The molecule has 0 aliphatic carbocycles. The minimum atomic E-state index is -4.15. The van der Waals surface area contributed by atoms with Crippen molar-refractivity contribution in [3.05, 3.63) is 53.2 Å². The Morgan fingerprint density at radius 2 is 1.91 bits per heavy atom. The standard InChI is InChI=1S/C25H28N2O7S/c1-15-13-16(2)26-23-17(15)7-5-9-21(23)34-14-18-20(32-3)10-11-22(24(18)33-4)35(30,31)27-12-6-8-19(27)25(28)29/h5,7,9-11,13,19H,6,8,12,14H2,1-4H3,(H,28,29)/t19-/m0/s1. The monoisotopic (exact) mass is 500 g/mol. The van der Waals surface area contributed by atoms with Crippen LogP contribution in [-0.2, 0) is 21.4 Å². The van der Waals surface area contributed by atoms with E-state index in [4.69, 9.17) is 14.2 Å². The molecule has 9 nitrogen and oxygen atoms in total. The van der Waals surface area contributed by atoms with Crippen molar-refractivity contribution in [3.8, 4) is 17.2 Å². The lowest BCUT2D eigenvalue weighted by Crippen LogP contribution is -2.40. The first-order valence-corrected chi connectivity index (χ1v) is 12.6. The molecule has 1 fully saturated rings. The van der Waals surface area contributed by atoms with Crippen LogP contribution in [0.3, 0.4) is 0 Å². The fraction of sp³-hybridized carbons (Fsp3) is 0.360. The second kappa shape index (κ2) is 9.71. The zero-order valence-corrected chi connectivity index (χ0v) is 20.9. The number of pyridine rings is 1. The predicted molar refractivity (Wildman–Crippen MR) is 130 cm³/mol. The molecule has 0 unspecified atom stereocenters. The van der Waals surface area contributed by atoms with Gasteiger partial charge in [-0.15, -0.1) is 0 Å². The summed E-state index contributed by atoms with van der Waals surface area (Å²) in [7, 11) is -1.31. The van der Waals surface area contributed by atoms with Crippen LogP contribution in [0.15, 0.2) is 41.3 Å². The largest absolute Gasteiger partial charge is 0.496 e. The van der Waals surface area contributed by atoms with Gasteiger partial charge in [-0.2, -0.15) is 4.31 Å². The number of rotatable bonds is 8. The summed E-state index contributed by atoms with van der Waals surface area (Å²) in [6, 6.07) is 9.42. The van der Waals surface area contributed by atoms with Crippen molar-refractivity contribution >= 4 is 26.9 Å². The zero-order valence-electron chi connectivity index (χ0n) is 20.1. The number of nitrogens with zero attached hydrogens (tertiary/aromatic N) is 2. The summed E-state index contributed by atoms with van der Waals surface area (Å²) in [5.41, 5.74) is 3.02. The van der Waals surface area contributed by atoms with Gasteiger partial charge in [0.15, 0.2) is 0 Å². The first kappa shape index (κ1) is 24.7. The molecule has 10 heteroatoms. The van der Waals surface area contributed by atoms with Crippen LogP contribution in [0.1, 0.15) is 29.7 Å². The molecular formula is C25H28N2O7S. The van der Waals surface area contributed by atoms with Gasteiger partial charge in [0.25, 0.3) is 0 Å². The Labute approximate surface area is 204 Å². The Hall–Kier alpha value is -3.37. The summed E-state index contributed by atoms with van der Waals surface area (Å²) in [5, 5.41) is 10.5. The van der Waals surface area contributed by atoms with Gasteiger partial charge in [-0.25, -0.2) is 13.4 Å². The molecule has 1 aliphatic heterocycles. The molecule has 1 saturated heterocycles. The van der Waals surface area contributed by atoms with Gasteiger partial charge in [-0.05, 0) is 56.5 Å². The van der Waals surface area contributed by atoms with Crippen molar-refractivity contribution in [3.63, 3.8) is 0 Å². The number of benzene rings is 2. The number of methoxy groups -OCH3 is 2. The van der Waals surface area contributed by atoms with Crippen LogP contribution in [-0.4, -0.2) is 55.6 Å². The Morgan fingerprint density at radius 3 is 2.60 bits per heavy atom. The van der Waals surface area contributed by atoms with Crippen molar-refractivity contribution in [1.82, 2.24) is 9.29 Å². The van der Waals surface area contributed by atoms with Crippen molar-refractivity contribution in [2.45, 2.75) is 44.2 Å². The molecule has 4 rings (SSSR count). The molecule has 0 saturated carbocycles. The number of carboxylic acid groups (broad SMARTS) is 1. The van der Waals surface area contributed by atoms with E-state index >= 15 is 0 Å². The highest BCUT2D eigenvalue weighted by molar-refractivity contribution is 7.89. The summed E-state index contributed by atoms with van der Waals surface area (Å²) in [6.07, 6.45) is 0.730. The van der Waals surface area contributed by atoms with E-state index < -0.39 is 22.0 Å². The van der Waals surface area contributed by atoms with Gasteiger partial charge in [0.2, 0.25) is 10.0 Å². The molecule has 3 aromatic rings. The van der Waals surface area contributed by atoms with E-state index in [9.17, 15) is 18.3 Å². The van der Waals surface area contributed by atoms with E-state index in [-0.39, 0.29) is 30.2 Å². The highest BCUT2D eigenvalue weighted by atomic mass is 32.2. The topological polar surface area (TPSA) is 115 Å². The lowest BCUT2D eigenvalue weighted by atomic mass is 10.1. The van der Waals surface area contributed by atoms with Crippen LogP contribution in [0.25, 0.3) is 10.9 Å². The van der Waals surface area contributed by atoms with Crippen LogP contribution < -0.4 is 14.2 Å². The number of aryl methyl sites for hydroxylation is 2. The maximum Gasteiger partial charge on any atom is 0.322 e. The number of fused-ring (bicyclic) bond motifs is 1.